The molecular formula is C13H19N3O2. The molecule has 1 amide bonds. The van der Waals surface area contributed by atoms with E-state index in [-0.39, 0.29) is 5.91 Å². The summed E-state index contributed by atoms with van der Waals surface area (Å²) in [6, 6.07) is 7.88. The van der Waals surface area contributed by atoms with Gasteiger partial charge in [-0.25, -0.2) is 0 Å². The molecule has 1 saturated heterocycles. The predicted octanol–water partition coefficient (Wildman–Crippen LogP) is 0.537. The van der Waals surface area contributed by atoms with E-state index in [1.807, 2.05) is 31.3 Å². The summed E-state index contributed by atoms with van der Waals surface area (Å²) in [5.74, 6) is 0.660. The van der Waals surface area contributed by atoms with Crippen LogP contribution in [0.3, 0.4) is 0 Å². The van der Waals surface area contributed by atoms with Crippen molar-refractivity contribution in [3.8, 4) is 5.75 Å². The first kappa shape index (κ1) is 12.9. The van der Waals surface area contributed by atoms with E-state index in [0.29, 0.717) is 24.0 Å². The summed E-state index contributed by atoms with van der Waals surface area (Å²) in [7, 11) is 3.56. The molecule has 1 heterocycles. The Morgan fingerprint density at radius 1 is 1.50 bits per heavy atom. The van der Waals surface area contributed by atoms with Crippen molar-refractivity contribution in [3.63, 3.8) is 0 Å². The number of likely N-dealkylation sites (N-methyl/N-ethyl adjacent to an activating group) is 1. The average molecular weight is 249 g/mol. The van der Waals surface area contributed by atoms with Gasteiger partial charge in [0.25, 0.3) is 0 Å². The number of rotatable bonds is 5. The molecule has 1 aliphatic rings. The summed E-state index contributed by atoms with van der Waals surface area (Å²) >= 11 is 0. The minimum atomic E-state index is -0.0195. The second kappa shape index (κ2) is 5.84. The van der Waals surface area contributed by atoms with E-state index >= 15 is 0 Å². The summed E-state index contributed by atoms with van der Waals surface area (Å²) in [6.07, 6.45) is 0. The van der Waals surface area contributed by atoms with Gasteiger partial charge in [-0.3, -0.25) is 9.69 Å². The molecule has 1 fully saturated rings. The largest absolute Gasteiger partial charge is 0.495 e. The first-order valence-corrected chi connectivity index (χ1v) is 6.04. The summed E-state index contributed by atoms with van der Waals surface area (Å²) in [5.41, 5.74) is 0.713. The number of para-hydroxylation sites is 2. The van der Waals surface area contributed by atoms with Crippen LogP contribution in [0.4, 0.5) is 5.69 Å². The minimum absolute atomic E-state index is 0.0195. The molecular weight excluding hydrogens is 230 g/mol. The zero-order valence-corrected chi connectivity index (χ0v) is 10.8. The van der Waals surface area contributed by atoms with Gasteiger partial charge in [-0.15, -0.1) is 0 Å². The van der Waals surface area contributed by atoms with Gasteiger partial charge in [0.05, 0.1) is 19.3 Å². The number of hydrogen-bond donors (Lipinski definition) is 2. The number of amides is 1. The Bertz CT molecular complexity index is 418. The molecule has 0 saturated carbocycles. The van der Waals surface area contributed by atoms with Crippen molar-refractivity contribution in [3.05, 3.63) is 24.3 Å². The van der Waals surface area contributed by atoms with Crippen LogP contribution in [0.1, 0.15) is 0 Å². The zero-order chi connectivity index (χ0) is 13.0. The molecule has 1 aromatic rings. The number of carbonyl (C=O) groups excluding carboxylic acids is 1. The SMILES string of the molecule is COc1ccccc1NC(=O)CN(C)C1CNC1. The number of nitrogens with zero attached hydrogens (tertiary/aromatic N) is 1. The number of benzene rings is 1. The number of ether oxygens (including phenoxy) is 1. The molecule has 98 valence electrons. The Morgan fingerprint density at radius 2 is 2.22 bits per heavy atom. The molecule has 1 aliphatic heterocycles. The number of anilines is 1. The number of hydrogen-bond acceptors (Lipinski definition) is 4. The smallest absolute Gasteiger partial charge is 0.238 e. The van der Waals surface area contributed by atoms with E-state index in [4.69, 9.17) is 4.74 Å². The lowest BCUT2D eigenvalue weighted by Crippen LogP contribution is -2.57. The lowest BCUT2D eigenvalue weighted by atomic mass is 10.1. The minimum Gasteiger partial charge on any atom is -0.495 e. The van der Waals surface area contributed by atoms with Gasteiger partial charge in [0.2, 0.25) is 5.91 Å². The predicted molar refractivity (Wildman–Crippen MR) is 70.9 cm³/mol. The van der Waals surface area contributed by atoms with Crippen molar-refractivity contribution in [2.45, 2.75) is 6.04 Å². The Hall–Kier alpha value is -1.59. The van der Waals surface area contributed by atoms with E-state index in [0.717, 1.165) is 13.1 Å². The fraction of sp³-hybridized carbons (Fsp3) is 0.462. The highest BCUT2D eigenvalue weighted by molar-refractivity contribution is 5.93. The summed E-state index contributed by atoms with van der Waals surface area (Å²) < 4.78 is 5.19. The quantitative estimate of drug-likeness (QED) is 0.799. The molecule has 2 N–H and O–H groups in total. The van der Waals surface area contributed by atoms with E-state index in [1.54, 1.807) is 7.11 Å². The topological polar surface area (TPSA) is 53.6 Å². The second-order valence-electron chi connectivity index (χ2n) is 4.48. The van der Waals surface area contributed by atoms with Gasteiger partial charge >= 0.3 is 0 Å². The van der Waals surface area contributed by atoms with Crippen LogP contribution in [0.25, 0.3) is 0 Å². The maximum Gasteiger partial charge on any atom is 0.238 e. The first-order valence-electron chi connectivity index (χ1n) is 6.04. The van der Waals surface area contributed by atoms with Crippen LogP contribution >= 0.6 is 0 Å². The molecule has 0 spiro atoms. The number of methoxy groups -OCH3 is 1. The van der Waals surface area contributed by atoms with Crippen molar-refractivity contribution < 1.29 is 9.53 Å². The van der Waals surface area contributed by atoms with Gasteiger partial charge in [0.15, 0.2) is 0 Å². The fourth-order valence-corrected chi connectivity index (χ4v) is 1.88. The number of nitrogens with one attached hydrogen (secondary N) is 2. The lowest BCUT2D eigenvalue weighted by molar-refractivity contribution is -0.117. The molecule has 0 aliphatic carbocycles. The molecule has 18 heavy (non-hydrogen) atoms. The maximum absolute atomic E-state index is 11.9. The van der Waals surface area contributed by atoms with Crippen LogP contribution in [0.2, 0.25) is 0 Å². The van der Waals surface area contributed by atoms with Gasteiger partial charge in [-0.1, -0.05) is 12.1 Å². The third-order valence-electron chi connectivity index (χ3n) is 3.16. The highest BCUT2D eigenvalue weighted by atomic mass is 16.5. The Labute approximate surface area is 107 Å². The van der Waals surface area contributed by atoms with E-state index in [9.17, 15) is 4.79 Å². The third-order valence-corrected chi connectivity index (χ3v) is 3.16. The van der Waals surface area contributed by atoms with Crippen LogP contribution in [0, 0.1) is 0 Å². The lowest BCUT2D eigenvalue weighted by Gasteiger charge is -2.35. The van der Waals surface area contributed by atoms with Crippen molar-refractivity contribution in [1.82, 2.24) is 10.2 Å². The van der Waals surface area contributed by atoms with Crippen LogP contribution < -0.4 is 15.4 Å². The van der Waals surface area contributed by atoms with Gasteiger partial charge in [-0.2, -0.15) is 0 Å². The Morgan fingerprint density at radius 3 is 2.83 bits per heavy atom. The van der Waals surface area contributed by atoms with E-state index < -0.39 is 0 Å². The first-order chi connectivity index (χ1) is 8.70. The van der Waals surface area contributed by atoms with Gasteiger partial charge in [0.1, 0.15) is 5.75 Å². The summed E-state index contributed by atoms with van der Waals surface area (Å²) in [5, 5.41) is 6.06. The standard InChI is InChI=1S/C13H19N3O2/c1-16(10-7-14-8-10)9-13(17)15-11-5-3-4-6-12(11)18-2/h3-6,10,14H,7-9H2,1-2H3,(H,15,17). The van der Waals surface area contributed by atoms with Crippen LogP contribution in [-0.2, 0) is 4.79 Å². The normalized spacial score (nSPS) is 15.3. The highest BCUT2D eigenvalue weighted by Gasteiger charge is 2.23. The zero-order valence-electron chi connectivity index (χ0n) is 10.8. The summed E-state index contributed by atoms with van der Waals surface area (Å²) in [4.78, 5) is 14.0. The molecule has 0 bridgehead atoms. The Kier molecular flexibility index (Phi) is 4.17. The molecule has 2 rings (SSSR count). The molecule has 0 aromatic heterocycles. The molecule has 0 radical (unpaired) electrons. The molecule has 5 heteroatoms. The molecule has 0 unspecified atom stereocenters. The van der Waals surface area contributed by atoms with Crippen molar-refractivity contribution >= 4 is 11.6 Å². The van der Waals surface area contributed by atoms with Crippen molar-refractivity contribution in [2.24, 2.45) is 0 Å². The molecule has 0 atom stereocenters. The van der Waals surface area contributed by atoms with Gasteiger partial charge < -0.3 is 15.4 Å². The van der Waals surface area contributed by atoms with Crippen LogP contribution in [-0.4, -0.2) is 50.6 Å². The van der Waals surface area contributed by atoms with Crippen LogP contribution in [0.15, 0.2) is 24.3 Å². The average Bonchev–Trinajstić information content (AvgIpc) is 2.27. The second-order valence-corrected chi connectivity index (χ2v) is 4.48. The number of carbonyl (C=O) groups is 1. The fourth-order valence-electron chi connectivity index (χ4n) is 1.88. The summed E-state index contributed by atoms with van der Waals surface area (Å²) in [6.45, 7) is 2.31. The monoisotopic (exact) mass is 249 g/mol. The van der Waals surface area contributed by atoms with Crippen LogP contribution in [0.5, 0.6) is 5.75 Å². The van der Waals surface area contributed by atoms with Gasteiger partial charge in [0, 0.05) is 19.1 Å². The van der Waals surface area contributed by atoms with E-state index in [1.165, 1.54) is 0 Å². The van der Waals surface area contributed by atoms with Gasteiger partial charge in [-0.05, 0) is 19.2 Å². The third kappa shape index (κ3) is 3.00. The highest BCUT2D eigenvalue weighted by Crippen LogP contribution is 2.22. The molecule has 5 nitrogen and oxygen atoms in total. The van der Waals surface area contributed by atoms with Crippen molar-refractivity contribution in [1.29, 1.82) is 0 Å². The maximum atomic E-state index is 11.9. The van der Waals surface area contributed by atoms with E-state index in [2.05, 4.69) is 15.5 Å². The molecule has 1 aromatic carbocycles. The van der Waals surface area contributed by atoms with Crippen molar-refractivity contribution in [2.75, 3.05) is 39.1 Å². The Balaban J connectivity index is 1.90.